The van der Waals surface area contributed by atoms with Crippen LogP contribution in [-0.4, -0.2) is 74.2 Å². The Kier molecular flexibility index (Phi) is 8.74. The number of rotatable bonds is 11. The minimum Gasteiger partial charge on any atom is -0.387 e. The van der Waals surface area contributed by atoms with Gasteiger partial charge in [0, 0.05) is 6.54 Å². The van der Waals surface area contributed by atoms with Gasteiger partial charge in [0.1, 0.15) is 23.8 Å². The van der Waals surface area contributed by atoms with Crippen LogP contribution in [0.25, 0.3) is 21.9 Å². The van der Waals surface area contributed by atoms with Crippen molar-refractivity contribution in [3.8, 4) is 0 Å². The van der Waals surface area contributed by atoms with Crippen molar-refractivity contribution in [1.29, 1.82) is 0 Å². The summed E-state index contributed by atoms with van der Waals surface area (Å²) < 4.78 is 53.0. The zero-order valence-corrected chi connectivity index (χ0v) is 24.3. The van der Waals surface area contributed by atoms with Gasteiger partial charge in [-0.25, -0.2) is 18.7 Å². The Morgan fingerprint density at radius 3 is 2.42 bits per heavy atom. The average Bonchev–Trinajstić information content (AvgIpc) is 3.45. The molecule has 19 nitrogen and oxygen atoms in total. The Bertz CT molecular complexity index is 1800. The summed E-state index contributed by atoms with van der Waals surface area (Å²) in [4.78, 5) is 49.0. The van der Waals surface area contributed by atoms with Crippen LogP contribution in [0, 0.1) is 0 Å². The summed E-state index contributed by atoms with van der Waals surface area (Å²) in [5.74, 6) is 0.123. The molecule has 0 amide bonds. The van der Waals surface area contributed by atoms with Crippen LogP contribution in [-0.2, 0) is 38.1 Å². The highest BCUT2D eigenvalue weighted by Gasteiger charge is 2.47. The molecule has 232 valence electrons. The molecule has 1 fully saturated rings. The molecule has 3 heterocycles. The Hall–Kier alpha value is -2.86. The lowest BCUT2D eigenvalue weighted by Gasteiger charge is -2.19. The molecule has 1 saturated heterocycles. The van der Waals surface area contributed by atoms with Crippen LogP contribution in [0.15, 0.2) is 48.8 Å². The first-order valence-electron chi connectivity index (χ1n) is 12.1. The van der Waals surface area contributed by atoms with Crippen molar-refractivity contribution in [2.45, 2.75) is 31.1 Å². The molecular weight excluding hydrogens is 637 g/mol. The quantitative estimate of drug-likeness (QED) is 0.104. The van der Waals surface area contributed by atoms with Crippen molar-refractivity contribution in [3.63, 3.8) is 0 Å². The topological polar surface area (TPSA) is 291 Å². The molecule has 0 spiro atoms. The minimum atomic E-state index is -5.75. The fourth-order valence-electron chi connectivity index (χ4n) is 4.39. The van der Waals surface area contributed by atoms with Gasteiger partial charge in [0.25, 0.3) is 0 Å². The van der Waals surface area contributed by atoms with E-state index in [4.69, 9.17) is 20.3 Å². The van der Waals surface area contributed by atoms with Gasteiger partial charge in [-0.15, -0.1) is 0 Å². The number of nitrogens with two attached hydrogens (primary N) is 1. The van der Waals surface area contributed by atoms with Gasteiger partial charge in [0.15, 0.2) is 17.7 Å². The maximum absolute atomic E-state index is 12.0. The standard InChI is InChI=1S/C21H25N6O13P3/c22-18-15-19(26-21(25-18)23-8-12-6-3-5-11-4-1-2-7-13(11)12)27(10-24-15)20-17(29)16(28)14(38-20)9-37-42(33,34)40-43(35,36)39-41(30,31)32/h1-7,10,14,16-17,20,28-29H,8-9H2,(H,33,34)(H,35,36)(H2,30,31,32)(H3,22,23,25,26)/t14-,16-,17-,20-/m1/s1. The maximum Gasteiger partial charge on any atom is 0.490 e. The molecule has 1 aliphatic heterocycles. The molecule has 2 aromatic carbocycles. The summed E-state index contributed by atoms with van der Waals surface area (Å²) >= 11 is 0. The molecule has 0 aliphatic carbocycles. The van der Waals surface area contributed by atoms with E-state index in [2.05, 4.69) is 33.4 Å². The molecular formula is C21H25N6O13P3. The molecule has 2 aromatic heterocycles. The SMILES string of the molecule is Nc1nc(NCc2cccc3ccccc23)nc2c1ncn2[C@@H]1O[C@H](COP(=O)(O)OP(=O)(O)OP(=O)(O)O)[C@@H](O)[C@H]1O. The molecule has 2 unspecified atom stereocenters. The van der Waals surface area contributed by atoms with Gasteiger partial charge in [-0.2, -0.15) is 18.6 Å². The van der Waals surface area contributed by atoms with Gasteiger partial charge >= 0.3 is 23.5 Å². The first-order valence-corrected chi connectivity index (χ1v) is 16.6. The zero-order chi connectivity index (χ0) is 31.2. The summed E-state index contributed by atoms with van der Waals surface area (Å²) in [5, 5.41) is 26.3. The molecule has 0 bridgehead atoms. The molecule has 0 radical (unpaired) electrons. The van der Waals surface area contributed by atoms with E-state index < -0.39 is 54.6 Å². The van der Waals surface area contributed by atoms with E-state index >= 15 is 0 Å². The Labute approximate surface area is 241 Å². The van der Waals surface area contributed by atoms with Crippen molar-refractivity contribution < 1.29 is 61.4 Å². The maximum atomic E-state index is 12.0. The molecule has 0 saturated carbocycles. The number of benzene rings is 2. The highest BCUT2D eigenvalue weighted by Crippen LogP contribution is 2.66. The number of phosphoric ester groups is 1. The first kappa shape index (κ1) is 31.6. The Balaban J connectivity index is 1.30. The monoisotopic (exact) mass is 662 g/mol. The van der Waals surface area contributed by atoms with Crippen LogP contribution < -0.4 is 11.1 Å². The molecule has 43 heavy (non-hydrogen) atoms. The van der Waals surface area contributed by atoms with Crippen LogP contribution >= 0.6 is 23.5 Å². The third-order valence-corrected chi connectivity index (χ3v) is 10.00. The number of nitrogen functional groups attached to an aromatic ring is 1. The number of aliphatic hydroxyl groups excluding tert-OH is 2. The molecule has 9 N–H and O–H groups in total. The number of hydrogen-bond donors (Lipinski definition) is 8. The van der Waals surface area contributed by atoms with E-state index in [1.165, 1.54) is 10.9 Å². The second kappa shape index (κ2) is 11.9. The highest BCUT2D eigenvalue weighted by molar-refractivity contribution is 7.66. The number of nitrogens with one attached hydrogen (secondary N) is 1. The third-order valence-electron chi connectivity index (χ3n) is 6.19. The highest BCUT2D eigenvalue weighted by atomic mass is 31.3. The lowest BCUT2D eigenvalue weighted by Crippen LogP contribution is -2.33. The van der Waals surface area contributed by atoms with E-state index in [1.807, 2.05) is 42.5 Å². The molecule has 4 aromatic rings. The molecule has 6 atom stereocenters. The largest absolute Gasteiger partial charge is 0.490 e. The van der Waals surface area contributed by atoms with Gasteiger partial charge in [0.05, 0.1) is 12.9 Å². The van der Waals surface area contributed by atoms with Gasteiger partial charge < -0.3 is 45.6 Å². The number of aromatic nitrogens is 4. The van der Waals surface area contributed by atoms with Crippen LogP contribution in [0.2, 0.25) is 0 Å². The predicted octanol–water partition coefficient (Wildman–Crippen LogP) is 1.14. The summed E-state index contributed by atoms with van der Waals surface area (Å²) in [7, 11) is -16.8. The number of ether oxygens (including phenoxy) is 1. The van der Waals surface area contributed by atoms with Crippen LogP contribution in [0.4, 0.5) is 11.8 Å². The van der Waals surface area contributed by atoms with Gasteiger partial charge in [-0.05, 0) is 16.3 Å². The second-order valence-corrected chi connectivity index (χ2v) is 13.6. The fraction of sp³-hybridized carbons (Fsp3) is 0.286. The number of phosphoric acid groups is 3. The molecule has 22 heteroatoms. The number of anilines is 2. The lowest BCUT2D eigenvalue weighted by molar-refractivity contribution is -0.0503. The molecule has 5 rings (SSSR count). The van der Waals surface area contributed by atoms with Crippen LogP contribution in [0.1, 0.15) is 11.8 Å². The van der Waals surface area contributed by atoms with E-state index in [9.17, 15) is 33.7 Å². The van der Waals surface area contributed by atoms with Crippen molar-refractivity contribution in [2.75, 3.05) is 17.7 Å². The van der Waals surface area contributed by atoms with E-state index in [1.54, 1.807) is 0 Å². The minimum absolute atomic E-state index is 0.00131. The predicted molar refractivity (Wildman–Crippen MR) is 147 cm³/mol. The van der Waals surface area contributed by atoms with Crippen LogP contribution in [0.3, 0.4) is 0 Å². The normalized spacial score (nSPS) is 23.8. The Morgan fingerprint density at radius 1 is 0.953 bits per heavy atom. The van der Waals surface area contributed by atoms with Crippen LogP contribution in [0.5, 0.6) is 0 Å². The molecule has 1 aliphatic rings. The smallest absolute Gasteiger partial charge is 0.387 e. The van der Waals surface area contributed by atoms with E-state index in [-0.39, 0.29) is 22.9 Å². The first-order chi connectivity index (χ1) is 20.1. The zero-order valence-electron chi connectivity index (χ0n) is 21.6. The number of hydrogen-bond acceptors (Lipinski definition) is 14. The van der Waals surface area contributed by atoms with Crippen molar-refractivity contribution in [3.05, 3.63) is 54.4 Å². The fourth-order valence-corrected chi connectivity index (χ4v) is 7.42. The van der Waals surface area contributed by atoms with E-state index in [0.29, 0.717) is 6.54 Å². The van der Waals surface area contributed by atoms with E-state index in [0.717, 1.165) is 16.3 Å². The van der Waals surface area contributed by atoms with Crippen molar-refractivity contribution >= 4 is 57.2 Å². The average molecular weight is 662 g/mol. The number of fused-ring (bicyclic) bond motifs is 2. The van der Waals surface area contributed by atoms with Crippen molar-refractivity contribution in [1.82, 2.24) is 19.5 Å². The van der Waals surface area contributed by atoms with Crippen molar-refractivity contribution in [2.24, 2.45) is 0 Å². The number of aliphatic hydroxyl groups is 2. The summed E-state index contributed by atoms with van der Waals surface area (Å²) in [5.41, 5.74) is 7.31. The number of imidazole rings is 1. The summed E-state index contributed by atoms with van der Waals surface area (Å²) in [6.45, 7) is -0.648. The number of nitrogens with zero attached hydrogens (tertiary/aromatic N) is 4. The third kappa shape index (κ3) is 7.28. The van der Waals surface area contributed by atoms with Gasteiger partial charge in [-0.3, -0.25) is 9.09 Å². The lowest BCUT2D eigenvalue weighted by atomic mass is 10.0. The summed E-state index contributed by atoms with van der Waals surface area (Å²) in [6.07, 6.45) is -5.04. The summed E-state index contributed by atoms with van der Waals surface area (Å²) in [6, 6.07) is 13.6. The van der Waals surface area contributed by atoms with Gasteiger partial charge in [-0.1, -0.05) is 42.5 Å². The van der Waals surface area contributed by atoms with Gasteiger partial charge in [0.2, 0.25) is 5.95 Å². The second-order valence-electron chi connectivity index (χ2n) is 9.18. The Morgan fingerprint density at radius 2 is 1.67 bits per heavy atom.